The van der Waals surface area contributed by atoms with E-state index in [4.69, 9.17) is 4.74 Å². The average Bonchev–Trinajstić information content (AvgIpc) is 2.66. The lowest BCUT2D eigenvalue weighted by Gasteiger charge is -2.11. The molecule has 0 spiro atoms. The molecule has 1 aliphatic rings. The lowest BCUT2D eigenvalue weighted by molar-refractivity contribution is 0.0558. The maximum atomic E-state index is 5.70. The Morgan fingerprint density at radius 1 is 1.53 bits per heavy atom. The van der Waals surface area contributed by atoms with Crippen LogP contribution in [0, 0.1) is 0 Å². The summed E-state index contributed by atoms with van der Waals surface area (Å²) >= 11 is 0. The zero-order chi connectivity index (χ0) is 10.5. The van der Waals surface area contributed by atoms with Gasteiger partial charge in [0.15, 0.2) is 0 Å². The lowest BCUT2D eigenvalue weighted by atomic mass is 10.2. The topological polar surface area (TPSA) is 47.0 Å². The van der Waals surface area contributed by atoms with Crippen LogP contribution in [-0.2, 0) is 11.3 Å². The van der Waals surface area contributed by atoms with Crippen LogP contribution in [0.15, 0.2) is 18.3 Å². The monoisotopic (exact) mass is 207 g/mol. The second kappa shape index (κ2) is 5.19. The molecule has 1 aromatic rings. The zero-order valence-corrected chi connectivity index (χ0v) is 9.02. The fourth-order valence-electron chi connectivity index (χ4n) is 1.82. The van der Waals surface area contributed by atoms with Crippen LogP contribution < -0.4 is 5.32 Å². The second-order valence-electron chi connectivity index (χ2n) is 3.99. The molecule has 2 rings (SSSR count). The van der Waals surface area contributed by atoms with Gasteiger partial charge in [0.2, 0.25) is 0 Å². The van der Waals surface area contributed by atoms with Crippen LogP contribution in [0.2, 0.25) is 0 Å². The molecule has 0 radical (unpaired) electrons. The van der Waals surface area contributed by atoms with Crippen molar-refractivity contribution in [2.24, 2.45) is 0 Å². The molecule has 2 atom stereocenters. The molecular weight excluding hydrogens is 190 g/mol. The molecule has 15 heavy (non-hydrogen) atoms. The molecule has 1 aliphatic heterocycles. The van der Waals surface area contributed by atoms with Crippen LogP contribution in [0.3, 0.4) is 0 Å². The summed E-state index contributed by atoms with van der Waals surface area (Å²) in [4.78, 5) is 0. The molecule has 4 heteroatoms. The molecule has 82 valence electrons. The van der Waals surface area contributed by atoms with Crippen molar-refractivity contribution in [1.82, 2.24) is 15.5 Å². The number of rotatable bonds is 4. The molecule has 1 aromatic heterocycles. The highest BCUT2D eigenvalue weighted by molar-refractivity contribution is 4.98. The summed E-state index contributed by atoms with van der Waals surface area (Å²) in [7, 11) is 0. The van der Waals surface area contributed by atoms with Crippen molar-refractivity contribution in [3.63, 3.8) is 0 Å². The van der Waals surface area contributed by atoms with E-state index in [2.05, 4.69) is 22.4 Å². The Kier molecular flexibility index (Phi) is 3.64. The Hall–Kier alpha value is -1.00. The standard InChI is InChI=1S/C11H17N3O/c1-9-4-5-11(15-9)8-12-7-10-3-2-6-13-14-10/h2-3,6,9,11-12H,4-5,7-8H2,1H3. The minimum atomic E-state index is 0.372. The van der Waals surface area contributed by atoms with E-state index >= 15 is 0 Å². The number of nitrogens with one attached hydrogen (secondary N) is 1. The molecule has 0 bridgehead atoms. The highest BCUT2D eigenvalue weighted by Gasteiger charge is 2.20. The maximum Gasteiger partial charge on any atom is 0.0768 e. The lowest BCUT2D eigenvalue weighted by Crippen LogP contribution is -2.26. The van der Waals surface area contributed by atoms with Gasteiger partial charge in [-0.25, -0.2) is 0 Å². The van der Waals surface area contributed by atoms with Gasteiger partial charge in [-0.05, 0) is 31.9 Å². The van der Waals surface area contributed by atoms with E-state index in [1.165, 1.54) is 6.42 Å². The average molecular weight is 207 g/mol. The van der Waals surface area contributed by atoms with Crippen LogP contribution in [0.25, 0.3) is 0 Å². The van der Waals surface area contributed by atoms with Gasteiger partial charge in [0.05, 0.1) is 17.9 Å². The second-order valence-corrected chi connectivity index (χ2v) is 3.99. The molecule has 1 N–H and O–H groups in total. The summed E-state index contributed by atoms with van der Waals surface area (Å²) in [5, 5.41) is 11.2. The fourth-order valence-corrected chi connectivity index (χ4v) is 1.82. The summed E-state index contributed by atoms with van der Waals surface area (Å²) in [5.41, 5.74) is 0.976. The molecular formula is C11H17N3O. The summed E-state index contributed by atoms with van der Waals surface area (Å²) in [5.74, 6) is 0. The van der Waals surface area contributed by atoms with Crippen molar-refractivity contribution in [3.8, 4) is 0 Å². The van der Waals surface area contributed by atoms with E-state index in [1.807, 2.05) is 12.1 Å². The Morgan fingerprint density at radius 2 is 2.47 bits per heavy atom. The van der Waals surface area contributed by atoms with E-state index in [-0.39, 0.29) is 0 Å². The largest absolute Gasteiger partial charge is 0.374 e. The van der Waals surface area contributed by atoms with Gasteiger partial charge in [0.1, 0.15) is 0 Å². The Labute approximate surface area is 90.1 Å². The summed E-state index contributed by atoms with van der Waals surface area (Å²) < 4.78 is 5.70. The first-order chi connectivity index (χ1) is 7.34. The minimum Gasteiger partial charge on any atom is -0.374 e. The van der Waals surface area contributed by atoms with Gasteiger partial charge >= 0.3 is 0 Å². The predicted molar refractivity (Wildman–Crippen MR) is 57.3 cm³/mol. The van der Waals surface area contributed by atoms with Crippen molar-refractivity contribution in [3.05, 3.63) is 24.0 Å². The Morgan fingerprint density at radius 3 is 3.13 bits per heavy atom. The van der Waals surface area contributed by atoms with Gasteiger partial charge in [-0.2, -0.15) is 10.2 Å². The third-order valence-corrected chi connectivity index (χ3v) is 2.63. The SMILES string of the molecule is CC1CCC(CNCc2cccnn2)O1. The van der Waals surface area contributed by atoms with Gasteiger partial charge in [0.25, 0.3) is 0 Å². The summed E-state index contributed by atoms with van der Waals surface area (Å²) in [6.45, 7) is 3.80. The number of aromatic nitrogens is 2. The summed E-state index contributed by atoms with van der Waals surface area (Å²) in [6.07, 6.45) is 4.82. The van der Waals surface area contributed by atoms with Crippen LogP contribution in [0.5, 0.6) is 0 Å². The molecule has 0 aliphatic carbocycles. The Bertz CT molecular complexity index is 291. The number of hydrogen-bond donors (Lipinski definition) is 1. The normalized spacial score (nSPS) is 25.7. The van der Waals surface area contributed by atoms with Crippen LogP contribution in [0.4, 0.5) is 0 Å². The predicted octanol–water partition coefficient (Wildman–Crippen LogP) is 1.13. The smallest absolute Gasteiger partial charge is 0.0768 e. The number of hydrogen-bond acceptors (Lipinski definition) is 4. The Balaban J connectivity index is 1.67. The van der Waals surface area contributed by atoms with Crippen molar-refractivity contribution in [2.75, 3.05) is 6.54 Å². The van der Waals surface area contributed by atoms with E-state index in [0.717, 1.165) is 25.2 Å². The van der Waals surface area contributed by atoms with Crippen LogP contribution in [-0.4, -0.2) is 29.0 Å². The molecule has 1 fully saturated rings. The molecule has 1 saturated heterocycles. The third-order valence-electron chi connectivity index (χ3n) is 2.63. The maximum absolute atomic E-state index is 5.70. The first kappa shape index (κ1) is 10.5. The van der Waals surface area contributed by atoms with Crippen LogP contribution in [0.1, 0.15) is 25.5 Å². The van der Waals surface area contributed by atoms with Gasteiger partial charge < -0.3 is 10.1 Å². The number of nitrogens with zero attached hydrogens (tertiary/aromatic N) is 2. The van der Waals surface area contributed by atoms with Gasteiger partial charge in [-0.1, -0.05) is 0 Å². The first-order valence-electron chi connectivity index (χ1n) is 5.47. The van der Waals surface area contributed by atoms with E-state index in [0.29, 0.717) is 12.2 Å². The molecule has 0 amide bonds. The highest BCUT2D eigenvalue weighted by atomic mass is 16.5. The molecule has 2 heterocycles. The van der Waals surface area contributed by atoms with E-state index < -0.39 is 0 Å². The van der Waals surface area contributed by atoms with Crippen molar-refractivity contribution < 1.29 is 4.74 Å². The first-order valence-corrected chi connectivity index (χ1v) is 5.47. The number of ether oxygens (including phenoxy) is 1. The van der Waals surface area contributed by atoms with E-state index in [1.54, 1.807) is 6.20 Å². The van der Waals surface area contributed by atoms with E-state index in [9.17, 15) is 0 Å². The van der Waals surface area contributed by atoms with Crippen molar-refractivity contribution in [1.29, 1.82) is 0 Å². The highest BCUT2D eigenvalue weighted by Crippen LogP contribution is 2.18. The zero-order valence-electron chi connectivity index (χ0n) is 9.02. The van der Waals surface area contributed by atoms with Crippen molar-refractivity contribution in [2.45, 2.75) is 38.5 Å². The molecule has 2 unspecified atom stereocenters. The fraction of sp³-hybridized carbons (Fsp3) is 0.636. The quantitative estimate of drug-likeness (QED) is 0.804. The van der Waals surface area contributed by atoms with Gasteiger partial charge in [0, 0.05) is 19.3 Å². The molecule has 4 nitrogen and oxygen atoms in total. The molecule has 0 aromatic carbocycles. The van der Waals surface area contributed by atoms with Gasteiger partial charge in [-0.15, -0.1) is 0 Å². The molecule has 0 saturated carbocycles. The van der Waals surface area contributed by atoms with Crippen molar-refractivity contribution >= 4 is 0 Å². The third kappa shape index (κ3) is 3.25. The van der Waals surface area contributed by atoms with Gasteiger partial charge in [-0.3, -0.25) is 0 Å². The minimum absolute atomic E-state index is 0.372. The van der Waals surface area contributed by atoms with Crippen LogP contribution >= 0.6 is 0 Å². The summed E-state index contributed by atoms with van der Waals surface area (Å²) in [6, 6.07) is 3.87.